The maximum absolute atomic E-state index is 12.2. The number of rotatable bonds is 10. The Morgan fingerprint density at radius 2 is 2.11 bits per heavy atom. The summed E-state index contributed by atoms with van der Waals surface area (Å²) in [6, 6.07) is 9.00. The second-order valence-corrected chi connectivity index (χ2v) is 8.06. The predicted octanol–water partition coefficient (Wildman–Crippen LogP) is 4.95. The number of pyridine rings is 1. The summed E-state index contributed by atoms with van der Waals surface area (Å²) in [5.74, 6) is -0.536. The Morgan fingerprint density at radius 3 is 2.83 bits per heavy atom. The molecule has 0 amide bonds. The standard InChI is InChI=1S/C26H27N3O6/c1-3-4-10-29(20-8-7-18(13-16(20)2)34-12-11-30)25-22(26(32)33)23(31)21(35-25)14-17-15-28-24-19(17)6-5-9-27-24/h5-9,13-15,30-31H,3-4,10-12H2,1-2H3,(H,32,33). The average molecular weight is 478 g/mol. The molecular formula is C26H27N3O6. The largest absolute Gasteiger partial charge is 0.504 e. The lowest BCUT2D eigenvalue weighted by molar-refractivity contribution is 0.0694. The Kier molecular flexibility index (Phi) is 7.17. The number of anilines is 2. The summed E-state index contributed by atoms with van der Waals surface area (Å²) >= 11 is 0. The molecule has 0 saturated carbocycles. The third-order valence-electron chi connectivity index (χ3n) is 5.61. The SMILES string of the molecule is CCCCN(c1ccc(OCCO)cc1C)c1oc(C=C2C=Nc3ncccc32)c(O)c1C(=O)O. The van der Waals surface area contributed by atoms with Crippen molar-refractivity contribution < 1.29 is 29.3 Å². The van der Waals surface area contributed by atoms with Gasteiger partial charge in [0.25, 0.3) is 0 Å². The van der Waals surface area contributed by atoms with Crippen molar-refractivity contribution in [3.05, 3.63) is 59.0 Å². The number of aromatic hydroxyl groups is 1. The van der Waals surface area contributed by atoms with E-state index in [2.05, 4.69) is 9.98 Å². The number of nitrogens with zero attached hydrogens (tertiary/aromatic N) is 3. The highest BCUT2D eigenvalue weighted by Gasteiger charge is 2.30. The van der Waals surface area contributed by atoms with E-state index < -0.39 is 11.7 Å². The van der Waals surface area contributed by atoms with Crippen molar-refractivity contribution in [2.24, 2.45) is 4.99 Å². The van der Waals surface area contributed by atoms with Crippen molar-refractivity contribution in [3.8, 4) is 11.5 Å². The van der Waals surface area contributed by atoms with E-state index in [1.807, 2.05) is 32.0 Å². The van der Waals surface area contributed by atoms with Crippen LogP contribution >= 0.6 is 0 Å². The number of ether oxygens (including phenoxy) is 1. The van der Waals surface area contributed by atoms with E-state index in [4.69, 9.17) is 14.3 Å². The molecule has 0 bridgehead atoms. The van der Waals surface area contributed by atoms with E-state index in [1.165, 1.54) is 0 Å². The highest BCUT2D eigenvalue weighted by molar-refractivity contribution is 6.21. The fourth-order valence-electron chi connectivity index (χ4n) is 3.92. The van der Waals surface area contributed by atoms with E-state index >= 15 is 0 Å². The zero-order chi connectivity index (χ0) is 24.9. The van der Waals surface area contributed by atoms with Gasteiger partial charge >= 0.3 is 5.97 Å². The van der Waals surface area contributed by atoms with Crippen LogP contribution in [0.2, 0.25) is 0 Å². The normalized spacial score (nSPS) is 13.3. The van der Waals surface area contributed by atoms with Crippen molar-refractivity contribution in [2.75, 3.05) is 24.7 Å². The number of aryl methyl sites for hydroxylation is 1. The van der Waals surface area contributed by atoms with Crippen LogP contribution < -0.4 is 9.64 Å². The molecule has 35 heavy (non-hydrogen) atoms. The molecule has 0 unspecified atom stereocenters. The monoisotopic (exact) mass is 477 g/mol. The Hall–Kier alpha value is -4.11. The number of carboxylic acids is 1. The molecule has 182 valence electrons. The lowest BCUT2D eigenvalue weighted by Gasteiger charge is -2.25. The zero-order valence-electron chi connectivity index (χ0n) is 19.6. The van der Waals surface area contributed by atoms with Gasteiger partial charge in [-0.3, -0.25) is 0 Å². The molecule has 3 heterocycles. The van der Waals surface area contributed by atoms with Crippen LogP contribution in [0.25, 0.3) is 11.6 Å². The number of hydrogen-bond acceptors (Lipinski definition) is 8. The number of aliphatic hydroxyl groups is 1. The first-order valence-electron chi connectivity index (χ1n) is 11.4. The number of unbranched alkanes of at least 4 members (excludes halogenated alkanes) is 1. The highest BCUT2D eigenvalue weighted by atomic mass is 16.5. The van der Waals surface area contributed by atoms with Gasteiger partial charge in [0, 0.05) is 35.8 Å². The number of allylic oxidation sites excluding steroid dienone is 1. The van der Waals surface area contributed by atoms with E-state index in [9.17, 15) is 15.0 Å². The number of carboxylic acid groups (broad SMARTS) is 1. The van der Waals surface area contributed by atoms with Crippen molar-refractivity contribution in [3.63, 3.8) is 0 Å². The molecule has 0 radical (unpaired) electrons. The van der Waals surface area contributed by atoms with E-state index in [-0.39, 0.29) is 30.4 Å². The Bertz CT molecular complexity index is 1290. The Labute approximate surface area is 202 Å². The molecule has 0 saturated heterocycles. The number of carbonyl (C=O) groups is 1. The quantitative estimate of drug-likeness (QED) is 0.374. The van der Waals surface area contributed by atoms with Crippen LogP contribution in [0.1, 0.15) is 47.0 Å². The van der Waals surface area contributed by atoms with Crippen LogP contribution in [-0.2, 0) is 0 Å². The summed E-state index contributed by atoms with van der Waals surface area (Å²) in [4.78, 5) is 22.4. The Balaban J connectivity index is 1.79. The van der Waals surface area contributed by atoms with E-state index in [0.717, 1.165) is 29.7 Å². The van der Waals surface area contributed by atoms with Crippen molar-refractivity contribution in [1.82, 2.24) is 4.98 Å². The molecule has 1 aliphatic heterocycles. The van der Waals surface area contributed by atoms with Crippen molar-refractivity contribution in [1.29, 1.82) is 0 Å². The number of fused-ring (bicyclic) bond motifs is 1. The second-order valence-electron chi connectivity index (χ2n) is 8.06. The summed E-state index contributed by atoms with van der Waals surface area (Å²) in [5.41, 5.74) is 2.66. The van der Waals surface area contributed by atoms with Gasteiger partial charge in [0.2, 0.25) is 5.88 Å². The summed E-state index contributed by atoms with van der Waals surface area (Å²) in [6.07, 6.45) is 6.45. The summed E-state index contributed by atoms with van der Waals surface area (Å²) in [5, 5.41) is 29.8. The highest BCUT2D eigenvalue weighted by Crippen LogP contribution is 2.42. The summed E-state index contributed by atoms with van der Waals surface area (Å²) in [7, 11) is 0. The van der Waals surface area contributed by atoms with Crippen LogP contribution in [0.15, 0.2) is 45.9 Å². The molecule has 0 spiro atoms. The van der Waals surface area contributed by atoms with Crippen LogP contribution in [0.4, 0.5) is 17.4 Å². The van der Waals surface area contributed by atoms with Gasteiger partial charge in [-0.05, 0) is 55.3 Å². The lowest BCUT2D eigenvalue weighted by atomic mass is 10.1. The first kappa shape index (κ1) is 24.0. The Morgan fingerprint density at radius 1 is 1.29 bits per heavy atom. The molecule has 0 aliphatic carbocycles. The van der Waals surface area contributed by atoms with Crippen LogP contribution in [0, 0.1) is 6.92 Å². The van der Waals surface area contributed by atoms with Crippen molar-refractivity contribution in [2.45, 2.75) is 26.7 Å². The predicted molar refractivity (Wildman–Crippen MR) is 133 cm³/mol. The first-order chi connectivity index (χ1) is 16.9. The van der Waals surface area contributed by atoms with Gasteiger partial charge in [-0.15, -0.1) is 0 Å². The minimum absolute atomic E-state index is 0.0256. The number of hydrogen-bond donors (Lipinski definition) is 3. The molecule has 9 heteroatoms. The fourth-order valence-corrected chi connectivity index (χ4v) is 3.92. The third-order valence-corrected chi connectivity index (χ3v) is 5.61. The molecular weight excluding hydrogens is 450 g/mol. The zero-order valence-corrected chi connectivity index (χ0v) is 19.6. The van der Waals surface area contributed by atoms with Crippen LogP contribution in [-0.4, -0.2) is 52.2 Å². The molecule has 9 nitrogen and oxygen atoms in total. The molecule has 0 atom stereocenters. The molecule has 1 aliphatic rings. The number of furan rings is 1. The fraction of sp³-hybridized carbons (Fsp3) is 0.269. The third kappa shape index (κ3) is 4.90. The van der Waals surface area contributed by atoms with Gasteiger partial charge in [-0.1, -0.05) is 13.3 Å². The first-order valence-corrected chi connectivity index (χ1v) is 11.4. The summed E-state index contributed by atoms with van der Waals surface area (Å²) < 4.78 is 11.5. The molecule has 0 fully saturated rings. The molecule has 1 aromatic carbocycles. The number of aromatic nitrogens is 1. The number of aliphatic imine (C=N–C) groups is 1. The molecule has 3 N–H and O–H groups in total. The van der Waals surface area contributed by atoms with Crippen LogP contribution in [0.3, 0.4) is 0 Å². The average Bonchev–Trinajstić information content (AvgIpc) is 3.40. The van der Waals surface area contributed by atoms with Crippen LogP contribution in [0.5, 0.6) is 11.5 Å². The number of aromatic carboxylic acids is 1. The smallest absolute Gasteiger partial charge is 0.345 e. The number of benzene rings is 1. The maximum atomic E-state index is 12.2. The van der Waals surface area contributed by atoms with Gasteiger partial charge < -0.3 is 29.4 Å². The number of aliphatic hydroxyl groups excluding tert-OH is 1. The van der Waals surface area contributed by atoms with Gasteiger partial charge in [-0.25, -0.2) is 14.8 Å². The topological polar surface area (TPSA) is 129 Å². The molecule has 3 aromatic rings. The molecule has 4 rings (SSSR count). The minimum atomic E-state index is -1.30. The minimum Gasteiger partial charge on any atom is -0.504 e. The van der Waals surface area contributed by atoms with E-state index in [0.29, 0.717) is 23.7 Å². The van der Waals surface area contributed by atoms with Crippen molar-refractivity contribution >= 4 is 41.2 Å². The van der Waals surface area contributed by atoms with Gasteiger partial charge in [-0.2, -0.15) is 0 Å². The van der Waals surface area contributed by atoms with E-state index in [1.54, 1.807) is 35.5 Å². The second kappa shape index (κ2) is 10.4. The maximum Gasteiger partial charge on any atom is 0.345 e. The lowest BCUT2D eigenvalue weighted by Crippen LogP contribution is -2.21. The van der Waals surface area contributed by atoms with Gasteiger partial charge in [0.15, 0.2) is 22.9 Å². The van der Waals surface area contributed by atoms with Gasteiger partial charge in [0.05, 0.1) is 6.61 Å². The van der Waals surface area contributed by atoms with Gasteiger partial charge in [0.1, 0.15) is 12.4 Å². The molecule has 2 aromatic heterocycles. The summed E-state index contributed by atoms with van der Waals surface area (Å²) in [6.45, 7) is 4.47.